The number of carbonyl (C=O) groups is 2. The number of benzene rings is 2. The van der Waals surface area contributed by atoms with Gasteiger partial charge in [-0.1, -0.05) is 71.1 Å². The highest BCUT2D eigenvalue weighted by molar-refractivity contribution is 5.96. The van der Waals surface area contributed by atoms with Crippen molar-refractivity contribution in [1.82, 2.24) is 45.9 Å². The summed E-state index contributed by atoms with van der Waals surface area (Å²) in [5.74, 6) is -0.839. The molecule has 11 N–H and O–H groups in total. The Labute approximate surface area is 375 Å². The van der Waals surface area contributed by atoms with Crippen molar-refractivity contribution in [3.8, 4) is 0 Å². The number of hydrogen-bond acceptors (Lipinski definition) is 17. The Morgan fingerprint density at radius 3 is 1.34 bits per heavy atom. The lowest BCUT2D eigenvalue weighted by atomic mass is 9.89. The van der Waals surface area contributed by atoms with Gasteiger partial charge in [0.15, 0.2) is 0 Å². The van der Waals surface area contributed by atoms with Gasteiger partial charge >= 0.3 is 0 Å². The Bertz CT molecular complexity index is 2000. The van der Waals surface area contributed by atoms with Crippen LogP contribution in [0.3, 0.4) is 0 Å². The van der Waals surface area contributed by atoms with Crippen LogP contribution >= 0.6 is 0 Å². The van der Waals surface area contributed by atoms with Crippen LogP contribution in [0.1, 0.15) is 48.2 Å². The summed E-state index contributed by atoms with van der Waals surface area (Å²) in [4.78, 5) is 26.1. The van der Waals surface area contributed by atoms with E-state index in [2.05, 4.69) is 36.6 Å². The van der Waals surface area contributed by atoms with E-state index < -0.39 is 86.1 Å². The summed E-state index contributed by atoms with van der Waals surface area (Å²) in [5.41, 5.74) is 3.56. The molecule has 2 fully saturated rings. The molecule has 65 heavy (non-hydrogen) atoms. The number of aliphatic hydroxyl groups is 8. The van der Waals surface area contributed by atoms with Crippen LogP contribution in [0.5, 0.6) is 0 Å². The fraction of sp³-hybridized carbons (Fsp3) is 0.500. The SMILES string of the molecule is O=C(/C=C(\C[C@@H]1O[C@H](CO)[C@H](O)[C@H](O)[C@H]1O)c1ccccc1)NCc1cn(CCCNCCCn2cc(CNC(=O)/C=C(\C[C@@H]3O[C@H](CO)[C@H](O)[C@H](O)[C@H]3O)c3ccccc3)nn2)nn1. The number of amides is 2. The molecular weight excluding hydrogens is 847 g/mol. The summed E-state index contributed by atoms with van der Waals surface area (Å²) in [6, 6.07) is 18.1. The molecule has 6 rings (SSSR count). The molecule has 21 nitrogen and oxygen atoms in total. The molecule has 0 radical (unpaired) electrons. The summed E-state index contributed by atoms with van der Waals surface area (Å²) in [7, 11) is 0. The summed E-state index contributed by atoms with van der Waals surface area (Å²) < 4.78 is 14.8. The van der Waals surface area contributed by atoms with Crippen LogP contribution in [-0.4, -0.2) is 170 Å². The van der Waals surface area contributed by atoms with Gasteiger partial charge in [0.1, 0.15) is 60.2 Å². The number of aryl methyl sites for hydroxylation is 2. The Morgan fingerprint density at radius 2 is 0.954 bits per heavy atom. The van der Waals surface area contributed by atoms with Crippen molar-refractivity contribution >= 4 is 23.0 Å². The maximum Gasteiger partial charge on any atom is 0.244 e. The monoisotopic (exact) mass is 905 g/mol. The second kappa shape index (κ2) is 24.3. The molecule has 10 atom stereocenters. The standard InChI is InChI=1S/C44H59N9O12/c54-25-35-41(60)43(62)39(58)33(64-35)17-29(27-9-3-1-4-10-27)19-37(56)46-21-31-23-52(50-48-31)15-7-13-45-14-8-16-53-24-32(49-51-53)22-47-38(57)20-30(28-11-5-2-6-12-28)18-34-40(59)44(63)42(61)36(26-55)65-34/h1-6,9-12,19-20,23-24,33-36,39-45,54-55,58-63H,7-8,13-18,21-22,25-26H2,(H,46,56)(H,47,57)/b29-19+,30-20+/t33-,34-,35+,36+,39-,40-,41-,42-,43+,44+/m0/s1. The van der Waals surface area contributed by atoms with Crippen molar-refractivity contribution in [2.45, 2.75) is 113 Å². The van der Waals surface area contributed by atoms with E-state index in [1.165, 1.54) is 12.2 Å². The third-order valence-corrected chi connectivity index (χ3v) is 11.3. The largest absolute Gasteiger partial charge is 0.394 e. The number of nitrogens with one attached hydrogen (secondary N) is 3. The summed E-state index contributed by atoms with van der Waals surface area (Å²) in [6.07, 6.45) is -5.06. The van der Waals surface area contributed by atoms with Crippen molar-refractivity contribution in [3.05, 3.63) is 108 Å². The number of aliphatic hydroxyl groups excluding tert-OH is 8. The predicted octanol–water partition coefficient (Wildman–Crippen LogP) is -2.20. The van der Waals surface area contributed by atoms with Gasteiger partial charge in [0.2, 0.25) is 11.8 Å². The van der Waals surface area contributed by atoms with Crippen molar-refractivity contribution in [2.24, 2.45) is 0 Å². The van der Waals surface area contributed by atoms with E-state index >= 15 is 0 Å². The van der Waals surface area contributed by atoms with Gasteiger partial charge < -0.3 is 66.3 Å². The van der Waals surface area contributed by atoms with E-state index in [9.17, 15) is 50.4 Å². The molecule has 2 saturated heterocycles. The van der Waals surface area contributed by atoms with Crippen LogP contribution in [0.2, 0.25) is 0 Å². The number of hydrogen-bond donors (Lipinski definition) is 11. The molecular formula is C44H59N9O12. The van der Waals surface area contributed by atoms with Crippen LogP contribution in [-0.2, 0) is 45.2 Å². The minimum atomic E-state index is -1.52. The fourth-order valence-electron chi connectivity index (χ4n) is 7.64. The Balaban J connectivity index is 0.887. The van der Waals surface area contributed by atoms with E-state index in [1.807, 2.05) is 12.1 Å². The summed E-state index contributed by atoms with van der Waals surface area (Å²) in [6.45, 7) is 1.77. The highest BCUT2D eigenvalue weighted by Crippen LogP contribution is 2.31. The minimum absolute atomic E-state index is 0.0332. The lowest BCUT2D eigenvalue weighted by Gasteiger charge is -2.40. The van der Waals surface area contributed by atoms with Gasteiger partial charge in [-0.3, -0.25) is 19.0 Å². The van der Waals surface area contributed by atoms with Gasteiger partial charge in [-0.15, -0.1) is 10.2 Å². The molecule has 0 spiro atoms. The topological polar surface area (TPSA) is 312 Å². The highest BCUT2D eigenvalue weighted by Gasteiger charge is 2.44. The molecule has 4 heterocycles. The number of ether oxygens (including phenoxy) is 2. The molecule has 352 valence electrons. The van der Waals surface area contributed by atoms with Crippen molar-refractivity contribution in [3.63, 3.8) is 0 Å². The van der Waals surface area contributed by atoms with Gasteiger partial charge in [0, 0.05) is 38.1 Å². The maximum absolute atomic E-state index is 13.0. The highest BCUT2D eigenvalue weighted by atomic mass is 16.6. The summed E-state index contributed by atoms with van der Waals surface area (Å²) >= 11 is 0. The molecule has 2 aliphatic heterocycles. The molecule has 0 saturated carbocycles. The molecule has 2 aromatic heterocycles. The quantitative estimate of drug-likeness (QED) is 0.0295. The number of rotatable bonds is 22. The first-order chi connectivity index (χ1) is 31.4. The van der Waals surface area contributed by atoms with E-state index in [4.69, 9.17) is 9.47 Å². The number of nitrogens with zero attached hydrogens (tertiary/aromatic N) is 6. The first-order valence-electron chi connectivity index (χ1n) is 21.6. The zero-order chi connectivity index (χ0) is 46.3. The van der Waals surface area contributed by atoms with E-state index in [1.54, 1.807) is 70.3 Å². The van der Waals surface area contributed by atoms with Crippen LogP contribution in [0.25, 0.3) is 11.1 Å². The van der Waals surface area contributed by atoms with Crippen molar-refractivity contribution < 1.29 is 59.9 Å². The normalized spacial score (nSPS) is 26.2. The molecule has 2 aromatic carbocycles. The van der Waals surface area contributed by atoms with Crippen molar-refractivity contribution in [1.29, 1.82) is 0 Å². The number of carbonyl (C=O) groups excluding carboxylic acids is 2. The average molecular weight is 906 g/mol. The van der Waals surface area contributed by atoms with Gasteiger partial charge in [-0.2, -0.15) is 0 Å². The molecule has 2 aliphatic rings. The molecule has 4 aromatic rings. The van der Waals surface area contributed by atoms with Gasteiger partial charge in [0.05, 0.1) is 50.9 Å². The minimum Gasteiger partial charge on any atom is -0.394 e. The maximum atomic E-state index is 13.0. The van der Waals surface area contributed by atoms with Crippen LogP contribution < -0.4 is 16.0 Å². The lowest BCUT2D eigenvalue weighted by molar-refractivity contribution is -0.227. The van der Waals surface area contributed by atoms with Gasteiger partial charge in [-0.25, -0.2) is 0 Å². The number of aromatic nitrogens is 6. The Hall–Kier alpha value is -5.30. The first-order valence-corrected chi connectivity index (χ1v) is 21.6. The third kappa shape index (κ3) is 13.9. The molecule has 0 bridgehead atoms. The first kappa shape index (κ1) is 49.1. The Morgan fingerprint density at radius 1 is 0.569 bits per heavy atom. The van der Waals surface area contributed by atoms with E-state index in [0.29, 0.717) is 46.8 Å². The smallest absolute Gasteiger partial charge is 0.244 e. The lowest BCUT2D eigenvalue weighted by Crippen LogP contribution is -2.58. The van der Waals surface area contributed by atoms with Crippen LogP contribution in [0, 0.1) is 0 Å². The van der Waals surface area contributed by atoms with Gasteiger partial charge in [-0.05, 0) is 48.2 Å². The zero-order valence-corrected chi connectivity index (χ0v) is 35.7. The second-order valence-corrected chi connectivity index (χ2v) is 16.1. The van der Waals surface area contributed by atoms with E-state index in [0.717, 1.165) is 25.9 Å². The van der Waals surface area contributed by atoms with Crippen LogP contribution in [0.4, 0.5) is 0 Å². The second-order valence-electron chi connectivity index (χ2n) is 16.1. The third-order valence-electron chi connectivity index (χ3n) is 11.3. The van der Waals surface area contributed by atoms with E-state index in [-0.39, 0.29) is 25.9 Å². The van der Waals surface area contributed by atoms with Gasteiger partial charge in [0.25, 0.3) is 0 Å². The molecule has 0 aliphatic carbocycles. The fourth-order valence-corrected chi connectivity index (χ4v) is 7.64. The Kier molecular flexibility index (Phi) is 18.4. The molecule has 21 heteroatoms. The predicted molar refractivity (Wildman–Crippen MR) is 231 cm³/mol. The average Bonchev–Trinajstić information content (AvgIpc) is 3.99. The molecule has 2 amide bonds. The summed E-state index contributed by atoms with van der Waals surface area (Å²) in [5, 5.41) is 107. The van der Waals surface area contributed by atoms with Crippen molar-refractivity contribution in [2.75, 3.05) is 26.3 Å². The van der Waals surface area contributed by atoms with Crippen LogP contribution in [0.15, 0.2) is 85.2 Å². The molecule has 0 unspecified atom stereocenters. The zero-order valence-electron chi connectivity index (χ0n) is 35.7.